The highest BCUT2D eigenvalue weighted by Gasteiger charge is 2.47. The number of carbonyl (C=O) groups excluding carboxylic acids is 2. The third-order valence-corrected chi connectivity index (χ3v) is 5.22. The largest absolute Gasteiger partial charge is 0.347 e. The van der Waals surface area contributed by atoms with Gasteiger partial charge in [-0.05, 0) is 24.1 Å². The predicted molar refractivity (Wildman–Crippen MR) is 111 cm³/mol. The van der Waals surface area contributed by atoms with Crippen molar-refractivity contribution in [2.75, 3.05) is 6.54 Å². The van der Waals surface area contributed by atoms with Crippen LogP contribution >= 0.6 is 0 Å². The summed E-state index contributed by atoms with van der Waals surface area (Å²) in [5.41, 5.74) is 2.03. The number of alkyl halides is 2. The molecule has 4 rings (SSSR count). The molecular weight excluding hydrogens is 418 g/mol. The molecule has 1 atom stereocenters. The number of hydrogen-bond donors (Lipinski definition) is 1. The Balaban J connectivity index is 1.43. The molecule has 1 fully saturated rings. The van der Waals surface area contributed by atoms with E-state index in [-0.39, 0.29) is 17.8 Å². The quantitative estimate of drug-likeness (QED) is 0.636. The Morgan fingerprint density at radius 3 is 2.75 bits per heavy atom. The molecule has 3 heterocycles. The lowest BCUT2D eigenvalue weighted by molar-refractivity contribution is 0.0117. The molecule has 8 nitrogen and oxygen atoms in total. The first-order valence-electron chi connectivity index (χ1n) is 10.1. The highest BCUT2D eigenvalue weighted by atomic mass is 19.3. The maximum Gasteiger partial charge on any atom is 0.273 e. The second-order valence-electron chi connectivity index (χ2n) is 7.89. The van der Waals surface area contributed by atoms with Crippen LogP contribution in [0.4, 0.5) is 8.78 Å². The Hall–Kier alpha value is -3.69. The van der Waals surface area contributed by atoms with Gasteiger partial charge in [0.1, 0.15) is 0 Å². The summed E-state index contributed by atoms with van der Waals surface area (Å²) in [6.07, 6.45) is 3.86. The first-order chi connectivity index (χ1) is 15.3. The second kappa shape index (κ2) is 8.81. The van der Waals surface area contributed by atoms with Gasteiger partial charge < -0.3 is 10.2 Å². The van der Waals surface area contributed by atoms with Crippen molar-refractivity contribution in [1.29, 1.82) is 0 Å². The van der Waals surface area contributed by atoms with Gasteiger partial charge in [-0.1, -0.05) is 35.5 Å². The molecule has 3 aromatic rings. The van der Waals surface area contributed by atoms with Crippen LogP contribution in [-0.4, -0.2) is 55.2 Å². The highest BCUT2D eigenvalue weighted by Crippen LogP contribution is 2.33. The Labute approximate surface area is 183 Å². The van der Waals surface area contributed by atoms with Crippen LogP contribution in [-0.2, 0) is 13.1 Å². The number of hydrogen-bond acceptors (Lipinski definition) is 5. The van der Waals surface area contributed by atoms with Gasteiger partial charge in [0.05, 0.1) is 30.9 Å². The van der Waals surface area contributed by atoms with Crippen molar-refractivity contribution in [3.63, 3.8) is 0 Å². The molecule has 10 heteroatoms. The average Bonchev–Trinajstić information content (AvgIpc) is 3.36. The molecule has 0 unspecified atom stereocenters. The number of likely N-dealkylation sites (tertiary alicyclic amines) is 1. The van der Waals surface area contributed by atoms with Gasteiger partial charge in [0, 0.05) is 25.4 Å². The zero-order valence-electron chi connectivity index (χ0n) is 17.4. The van der Waals surface area contributed by atoms with E-state index in [2.05, 4.69) is 20.6 Å². The van der Waals surface area contributed by atoms with E-state index in [4.69, 9.17) is 0 Å². The van der Waals surface area contributed by atoms with Crippen LogP contribution < -0.4 is 5.32 Å². The van der Waals surface area contributed by atoms with Crippen molar-refractivity contribution in [3.8, 4) is 0 Å². The SMILES string of the molecule is Cc1cncc(C(=O)N2CC(F)(F)C[C@H]2Cn2cc(C(=O)NCc3ccccc3)nn2)c1. The summed E-state index contributed by atoms with van der Waals surface area (Å²) in [5, 5.41) is 10.5. The smallest absolute Gasteiger partial charge is 0.273 e. The van der Waals surface area contributed by atoms with E-state index in [1.807, 2.05) is 30.3 Å². The Morgan fingerprint density at radius 1 is 1.22 bits per heavy atom. The van der Waals surface area contributed by atoms with E-state index in [0.717, 1.165) is 16.0 Å². The number of aryl methyl sites for hydroxylation is 1. The van der Waals surface area contributed by atoms with Crippen molar-refractivity contribution in [1.82, 2.24) is 30.2 Å². The summed E-state index contributed by atoms with van der Waals surface area (Å²) in [7, 11) is 0. The van der Waals surface area contributed by atoms with E-state index in [0.29, 0.717) is 6.54 Å². The van der Waals surface area contributed by atoms with E-state index in [1.54, 1.807) is 19.2 Å². The molecule has 0 spiro atoms. The number of nitrogens with zero attached hydrogens (tertiary/aromatic N) is 5. The highest BCUT2D eigenvalue weighted by molar-refractivity contribution is 5.94. The third-order valence-electron chi connectivity index (χ3n) is 5.22. The lowest BCUT2D eigenvalue weighted by atomic mass is 10.1. The minimum Gasteiger partial charge on any atom is -0.347 e. The Morgan fingerprint density at radius 2 is 2.00 bits per heavy atom. The fourth-order valence-corrected chi connectivity index (χ4v) is 3.71. The standard InChI is InChI=1S/C22H22F2N6O2/c1-15-7-17(11-25-9-15)21(32)30-14-22(23,24)8-18(30)12-29-13-19(27-28-29)20(31)26-10-16-5-3-2-4-6-16/h2-7,9,11,13,18H,8,10,12,14H2,1H3,(H,26,31)/t18-/m0/s1. The monoisotopic (exact) mass is 440 g/mol. The number of benzene rings is 1. The molecule has 0 saturated carbocycles. The molecule has 1 saturated heterocycles. The molecule has 1 aromatic carbocycles. The Kier molecular flexibility index (Phi) is 5.93. The van der Waals surface area contributed by atoms with Gasteiger partial charge in [-0.3, -0.25) is 14.6 Å². The summed E-state index contributed by atoms with van der Waals surface area (Å²) in [4.78, 5) is 30.3. The number of aromatic nitrogens is 4. The van der Waals surface area contributed by atoms with Crippen LogP contribution in [0.25, 0.3) is 0 Å². The number of nitrogens with one attached hydrogen (secondary N) is 1. The van der Waals surface area contributed by atoms with E-state index >= 15 is 0 Å². The molecule has 166 valence electrons. The van der Waals surface area contributed by atoms with E-state index < -0.39 is 36.7 Å². The Bertz CT molecular complexity index is 1120. The van der Waals surface area contributed by atoms with Crippen LogP contribution in [0.15, 0.2) is 55.0 Å². The molecule has 2 amide bonds. The van der Waals surface area contributed by atoms with Crippen molar-refractivity contribution < 1.29 is 18.4 Å². The van der Waals surface area contributed by atoms with Crippen molar-refractivity contribution in [2.45, 2.75) is 38.4 Å². The molecule has 32 heavy (non-hydrogen) atoms. The predicted octanol–water partition coefficient (Wildman–Crippen LogP) is 2.46. The van der Waals surface area contributed by atoms with Gasteiger partial charge in [-0.2, -0.15) is 0 Å². The van der Waals surface area contributed by atoms with E-state index in [1.165, 1.54) is 17.1 Å². The fraction of sp³-hybridized carbons (Fsp3) is 0.318. The van der Waals surface area contributed by atoms with Gasteiger partial charge in [-0.15, -0.1) is 5.10 Å². The van der Waals surface area contributed by atoms with Crippen LogP contribution in [0, 0.1) is 6.92 Å². The molecule has 1 aliphatic rings. The molecule has 1 aliphatic heterocycles. The number of rotatable bonds is 6. The third kappa shape index (κ3) is 4.96. The zero-order valence-corrected chi connectivity index (χ0v) is 17.4. The number of carbonyl (C=O) groups is 2. The van der Waals surface area contributed by atoms with Crippen molar-refractivity contribution >= 4 is 11.8 Å². The summed E-state index contributed by atoms with van der Waals surface area (Å²) >= 11 is 0. The average molecular weight is 440 g/mol. The maximum atomic E-state index is 14.2. The van der Waals surface area contributed by atoms with Gasteiger partial charge in [0.2, 0.25) is 0 Å². The first-order valence-corrected chi connectivity index (χ1v) is 10.1. The summed E-state index contributed by atoms with van der Waals surface area (Å²) < 4.78 is 29.7. The van der Waals surface area contributed by atoms with Gasteiger partial charge in [-0.25, -0.2) is 13.5 Å². The number of halogens is 2. The van der Waals surface area contributed by atoms with Gasteiger partial charge >= 0.3 is 0 Å². The van der Waals surface area contributed by atoms with E-state index in [9.17, 15) is 18.4 Å². The summed E-state index contributed by atoms with van der Waals surface area (Å²) in [5.74, 6) is -3.94. The summed E-state index contributed by atoms with van der Waals surface area (Å²) in [6.45, 7) is 1.43. The molecule has 2 aromatic heterocycles. The normalized spacial score (nSPS) is 17.3. The lowest BCUT2D eigenvalue weighted by Gasteiger charge is -2.23. The fourth-order valence-electron chi connectivity index (χ4n) is 3.71. The molecule has 0 radical (unpaired) electrons. The van der Waals surface area contributed by atoms with Crippen LogP contribution in [0.1, 0.15) is 38.4 Å². The molecule has 0 bridgehead atoms. The molecule has 0 aliphatic carbocycles. The van der Waals surface area contributed by atoms with Crippen LogP contribution in [0.2, 0.25) is 0 Å². The minimum absolute atomic E-state index is 0.000457. The molecule has 1 N–H and O–H groups in total. The maximum absolute atomic E-state index is 14.2. The van der Waals surface area contributed by atoms with Crippen molar-refractivity contribution in [3.05, 3.63) is 77.4 Å². The summed E-state index contributed by atoms with van der Waals surface area (Å²) in [6, 6.07) is 10.2. The second-order valence-corrected chi connectivity index (χ2v) is 7.89. The topological polar surface area (TPSA) is 93.0 Å². The first kappa shape index (κ1) is 21.5. The number of pyridine rings is 1. The van der Waals surface area contributed by atoms with Gasteiger partial charge in [0.25, 0.3) is 17.7 Å². The lowest BCUT2D eigenvalue weighted by Crippen LogP contribution is -2.39. The van der Waals surface area contributed by atoms with Gasteiger partial charge in [0.15, 0.2) is 5.69 Å². The zero-order chi connectivity index (χ0) is 22.7. The van der Waals surface area contributed by atoms with Crippen molar-refractivity contribution in [2.24, 2.45) is 0 Å². The molecular formula is C22H22F2N6O2. The van der Waals surface area contributed by atoms with Crippen LogP contribution in [0.5, 0.6) is 0 Å². The minimum atomic E-state index is -3.01. The number of amides is 2. The van der Waals surface area contributed by atoms with Crippen LogP contribution in [0.3, 0.4) is 0 Å².